The Labute approximate surface area is 62.7 Å². The van der Waals surface area contributed by atoms with E-state index in [4.69, 9.17) is 5.84 Å². The molecule has 0 aliphatic heterocycles. The fourth-order valence-electron chi connectivity index (χ4n) is 0.917. The van der Waals surface area contributed by atoms with Gasteiger partial charge in [-0.05, 0) is 12.1 Å². The predicted molar refractivity (Wildman–Crippen MR) is 41.1 cm³/mol. The van der Waals surface area contributed by atoms with Gasteiger partial charge in [-0.25, -0.2) is 11.4 Å². The molecule has 3 N–H and O–H groups in total. The Morgan fingerprint density at radius 2 is 1.73 bits per heavy atom. The minimum atomic E-state index is 0.824. The van der Waals surface area contributed by atoms with Crippen LogP contribution in [-0.2, 0) is 0 Å². The van der Waals surface area contributed by atoms with Gasteiger partial charge in [0.2, 0.25) is 0 Å². The number of rotatable bonds is 1. The van der Waals surface area contributed by atoms with E-state index < -0.39 is 0 Å². The summed E-state index contributed by atoms with van der Waals surface area (Å²) in [5.41, 5.74) is 3.96. The zero-order valence-corrected chi connectivity index (χ0v) is 5.73. The van der Waals surface area contributed by atoms with E-state index in [-0.39, 0.29) is 0 Å². The van der Waals surface area contributed by atoms with Crippen LogP contribution in [-0.4, -0.2) is 15.1 Å². The molecule has 0 bridgehead atoms. The van der Waals surface area contributed by atoms with Crippen molar-refractivity contribution < 1.29 is 0 Å². The van der Waals surface area contributed by atoms with Gasteiger partial charge in [0, 0.05) is 0 Å². The lowest BCUT2D eigenvalue weighted by molar-refractivity contribution is 0.659. The van der Waals surface area contributed by atoms with Gasteiger partial charge in [-0.2, -0.15) is 0 Å². The normalized spacial score (nSPS) is 10.3. The quantitative estimate of drug-likeness (QED) is 0.437. The van der Waals surface area contributed by atoms with Crippen LogP contribution < -0.4 is 11.4 Å². The second-order valence-corrected chi connectivity index (χ2v) is 2.11. The van der Waals surface area contributed by atoms with Crippen molar-refractivity contribution in [1.29, 1.82) is 0 Å². The largest absolute Gasteiger partial charge is 0.233 e. The first kappa shape index (κ1) is 6.11. The molecule has 0 saturated heterocycles. The molecule has 0 amide bonds. The molecule has 0 radical (unpaired) electrons. The van der Waals surface area contributed by atoms with Crippen LogP contribution in [0.1, 0.15) is 0 Å². The number of nitrogens with two attached hydrogens (primary N) is 1. The number of hydrogen-bond donors (Lipinski definition) is 2. The van der Waals surface area contributed by atoms with Gasteiger partial charge in [-0.3, -0.25) is 0 Å². The molecule has 0 atom stereocenters. The monoisotopic (exact) mass is 149 g/mol. The van der Waals surface area contributed by atoms with Crippen molar-refractivity contribution in [2.75, 3.05) is 5.53 Å². The summed E-state index contributed by atoms with van der Waals surface area (Å²) < 4.78 is 0. The van der Waals surface area contributed by atoms with Crippen LogP contribution in [0.5, 0.6) is 0 Å². The number of fused-ring (bicyclic) bond motifs is 1. The van der Waals surface area contributed by atoms with Crippen molar-refractivity contribution in [3.8, 4) is 0 Å². The maximum atomic E-state index is 5.10. The highest BCUT2D eigenvalue weighted by Gasteiger charge is 1.97. The maximum absolute atomic E-state index is 5.10. The standard InChI is InChI=1S/C6H7N5/c7-10-11-8-5-3-1-2-4-6(5)9-11/h1-4,10H,7H2. The van der Waals surface area contributed by atoms with Gasteiger partial charge in [0.1, 0.15) is 11.0 Å². The van der Waals surface area contributed by atoms with Crippen molar-refractivity contribution in [2.24, 2.45) is 5.84 Å². The van der Waals surface area contributed by atoms with Crippen molar-refractivity contribution in [2.45, 2.75) is 0 Å². The first-order valence-corrected chi connectivity index (χ1v) is 3.19. The smallest absolute Gasteiger partial charge is 0.115 e. The molecule has 0 unspecified atom stereocenters. The van der Waals surface area contributed by atoms with Crippen LogP contribution in [0, 0.1) is 0 Å². The average molecular weight is 149 g/mol. The van der Waals surface area contributed by atoms with Crippen LogP contribution in [0.25, 0.3) is 11.0 Å². The second kappa shape index (κ2) is 2.21. The summed E-state index contributed by atoms with van der Waals surface area (Å²) in [7, 11) is 0. The topological polar surface area (TPSA) is 68.8 Å². The van der Waals surface area contributed by atoms with Crippen LogP contribution in [0.2, 0.25) is 0 Å². The third-order valence-electron chi connectivity index (χ3n) is 1.40. The first-order chi connectivity index (χ1) is 5.40. The molecule has 2 aromatic rings. The Kier molecular flexibility index (Phi) is 1.23. The summed E-state index contributed by atoms with van der Waals surface area (Å²) in [6.45, 7) is 0. The predicted octanol–water partition coefficient (Wildman–Crippen LogP) is -0.152. The number of hydrazine groups is 1. The summed E-state index contributed by atoms with van der Waals surface area (Å²) in [6.07, 6.45) is 0. The number of hydrogen-bond acceptors (Lipinski definition) is 4. The molecule has 11 heavy (non-hydrogen) atoms. The molecule has 56 valence electrons. The highest BCUT2D eigenvalue weighted by atomic mass is 15.8. The molecule has 0 aliphatic carbocycles. The lowest BCUT2D eigenvalue weighted by atomic mass is 10.3. The van der Waals surface area contributed by atoms with Crippen molar-refractivity contribution in [1.82, 2.24) is 15.1 Å². The lowest BCUT2D eigenvalue weighted by Gasteiger charge is -1.90. The van der Waals surface area contributed by atoms with Crippen molar-refractivity contribution in [3.63, 3.8) is 0 Å². The number of aromatic nitrogens is 3. The molecule has 1 aromatic heterocycles. The minimum Gasteiger partial charge on any atom is -0.233 e. The van der Waals surface area contributed by atoms with Crippen molar-refractivity contribution in [3.05, 3.63) is 24.3 Å². The van der Waals surface area contributed by atoms with E-state index in [2.05, 4.69) is 15.7 Å². The van der Waals surface area contributed by atoms with E-state index in [1.165, 1.54) is 4.91 Å². The molecule has 1 heterocycles. The van der Waals surface area contributed by atoms with Gasteiger partial charge in [0.25, 0.3) is 0 Å². The van der Waals surface area contributed by atoms with Crippen LogP contribution in [0.4, 0.5) is 0 Å². The van der Waals surface area contributed by atoms with Crippen LogP contribution in [0.3, 0.4) is 0 Å². The number of nitrogens with one attached hydrogen (secondary N) is 1. The first-order valence-electron chi connectivity index (χ1n) is 3.19. The minimum absolute atomic E-state index is 0.824. The van der Waals surface area contributed by atoms with Crippen LogP contribution in [0.15, 0.2) is 24.3 Å². The Hall–Kier alpha value is -1.62. The summed E-state index contributed by atoms with van der Waals surface area (Å²) in [5.74, 6) is 5.10. The molecular formula is C6H7N5. The zero-order chi connectivity index (χ0) is 7.68. The molecule has 0 saturated carbocycles. The van der Waals surface area contributed by atoms with E-state index >= 15 is 0 Å². The summed E-state index contributed by atoms with van der Waals surface area (Å²) >= 11 is 0. The van der Waals surface area contributed by atoms with E-state index in [1.54, 1.807) is 0 Å². The van der Waals surface area contributed by atoms with E-state index in [9.17, 15) is 0 Å². The molecule has 5 heteroatoms. The fraction of sp³-hybridized carbons (Fsp3) is 0. The van der Waals surface area contributed by atoms with Crippen molar-refractivity contribution >= 4 is 11.0 Å². The van der Waals surface area contributed by atoms with E-state index in [0.717, 1.165) is 11.0 Å². The lowest BCUT2D eigenvalue weighted by Crippen LogP contribution is -2.23. The Morgan fingerprint density at radius 3 is 2.18 bits per heavy atom. The summed E-state index contributed by atoms with van der Waals surface area (Å²) in [5, 5.41) is 8.00. The molecule has 2 rings (SSSR count). The van der Waals surface area contributed by atoms with E-state index in [1.807, 2.05) is 24.3 Å². The molecule has 0 fully saturated rings. The molecule has 0 spiro atoms. The maximum Gasteiger partial charge on any atom is 0.115 e. The third-order valence-corrected chi connectivity index (χ3v) is 1.40. The summed E-state index contributed by atoms with van der Waals surface area (Å²) in [4.78, 5) is 1.23. The Bertz CT molecular complexity index is 333. The van der Waals surface area contributed by atoms with Gasteiger partial charge in [-0.1, -0.05) is 17.0 Å². The zero-order valence-electron chi connectivity index (χ0n) is 5.73. The molecule has 1 aromatic carbocycles. The molecule has 0 aliphatic rings. The van der Waals surface area contributed by atoms with Gasteiger partial charge in [-0.15, -0.1) is 10.2 Å². The SMILES string of the molecule is NNn1nc2ccccc2n1. The highest BCUT2D eigenvalue weighted by molar-refractivity contribution is 5.72. The number of nitrogen functional groups attached to an aromatic ring is 1. The number of benzene rings is 1. The number of nitrogens with zero attached hydrogens (tertiary/aromatic N) is 3. The molecular weight excluding hydrogens is 142 g/mol. The summed E-state index contributed by atoms with van der Waals surface area (Å²) in [6, 6.07) is 7.54. The fourth-order valence-corrected chi connectivity index (χ4v) is 0.917. The third kappa shape index (κ3) is 0.908. The Morgan fingerprint density at radius 1 is 1.18 bits per heavy atom. The molecule has 5 nitrogen and oxygen atoms in total. The van der Waals surface area contributed by atoms with Gasteiger partial charge < -0.3 is 0 Å². The van der Waals surface area contributed by atoms with Gasteiger partial charge in [0.05, 0.1) is 0 Å². The Balaban J connectivity index is 2.69. The average Bonchev–Trinajstić information content (AvgIpc) is 2.46. The highest BCUT2D eigenvalue weighted by Crippen LogP contribution is 2.05. The van der Waals surface area contributed by atoms with Gasteiger partial charge in [0.15, 0.2) is 0 Å². The van der Waals surface area contributed by atoms with Crippen LogP contribution >= 0.6 is 0 Å². The second-order valence-electron chi connectivity index (χ2n) is 2.11. The van der Waals surface area contributed by atoms with Gasteiger partial charge >= 0.3 is 0 Å². The van der Waals surface area contributed by atoms with E-state index in [0.29, 0.717) is 0 Å².